The van der Waals surface area contributed by atoms with Gasteiger partial charge in [-0.05, 0) is 55.5 Å². The number of benzene rings is 2. The van der Waals surface area contributed by atoms with Crippen molar-refractivity contribution in [2.45, 2.75) is 19.8 Å². The van der Waals surface area contributed by atoms with Crippen LogP contribution >= 0.6 is 0 Å². The van der Waals surface area contributed by atoms with E-state index in [1.165, 1.54) is 0 Å². The monoisotopic (exact) mass is 351 g/mol. The van der Waals surface area contributed by atoms with Crippen LogP contribution in [0.15, 0.2) is 48.5 Å². The van der Waals surface area contributed by atoms with Gasteiger partial charge in [-0.3, -0.25) is 9.59 Å². The fourth-order valence-electron chi connectivity index (χ4n) is 3.39. The highest BCUT2D eigenvalue weighted by molar-refractivity contribution is 5.96. The number of amides is 2. The molecule has 0 bridgehead atoms. The highest BCUT2D eigenvalue weighted by atomic mass is 16.2. The molecule has 0 saturated carbocycles. The summed E-state index contributed by atoms with van der Waals surface area (Å²) in [5.74, 6) is 0.219. The van der Waals surface area contributed by atoms with Gasteiger partial charge in [0.1, 0.15) is 0 Å². The molecule has 1 saturated heterocycles. The van der Waals surface area contributed by atoms with Gasteiger partial charge in [0.2, 0.25) is 0 Å². The molecule has 2 aromatic carbocycles. The molecular weight excluding hydrogens is 326 g/mol. The number of nitrogen functional groups attached to an aromatic ring is 1. The maximum Gasteiger partial charge on any atom is 0.254 e. The quantitative estimate of drug-likeness (QED) is 0.832. The second kappa shape index (κ2) is 8.04. The Labute approximate surface area is 154 Å². The summed E-state index contributed by atoms with van der Waals surface area (Å²) in [6.45, 7) is 3.90. The third-order valence-corrected chi connectivity index (χ3v) is 4.89. The summed E-state index contributed by atoms with van der Waals surface area (Å²) < 4.78 is 0. The van der Waals surface area contributed by atoms with E-state index in [2.05, 4.69) is 5.32 Å². The van der Waals surface area contributed by atoms with Gasteiger partial charge >= 0.3 is 0 Å². The lowest BCUT2D eigenvalue weighted by atomic mass is 9.96. The van der Waals surface area contributed by atoms with Crippen LogP contribution < -0.4 is 11.1 Å². The summed E-state index contributed by atoms with van der Waals surface area (Å²) in [6, 6.07) is 14.6. The van der Waals surface area contributed by atoms with Gasteiger partial charge in [0.15, 0.2) is 0 Å². The number of aryl methyl sites for hydroxylation is 1. The molecule has 1 atom stereocenters. The summed E-state index contributed by atoms with van der Waals surface area (Å²) in [7, 11) is 0. The molecule has 5 heteroatoms. The first-order valence-electron chi connectivity index (χ1n) is 9.03. The van der Waals surface area contributed by atoms with Crippen molar-refractivity contribution in [1.29, 1.82) is 0 Å². The highest BCUT2D eigenvalue weighted by Gasteiger charge is 2.25. The number of nitrogens with one attached hydrogen (secondary N) is 1. The van der Waals surface area contributed by atoms with E-state index in [1.54, 1.807) is 18.2 Å². The Hall–Kier alpha value is -2.82. The molecule has 3 rings (SSSR count). The first-order chi connectivity index (χ1) is 12.5. The van der Waals surface area contributed by atoms with E-state index in [0.717, 1.165) is 24.9 Å². The van der Waals surface area contributed by atoms with Crippen LogP contribution in [0, 0.1) is 12.8 Å². The number of carbonyl (C=O) groups excluding carboxylic acids is 2. The van der Waals surface area contributed by atoms with Crippen molar-refractivity contribution in [2.24, 2.45) is 5.92 Å². The number of carbonyl (C=O) groups is 2. The van der Waals surface area contributed by atoms with Crippen molar-refractivity contribution in [1.82, 2.24) is 10.2 Å². The molecule has 1 aliphatic rings. The Morgan fingerprint density at radius 2 is 1.96 bits per heavy atom. The standard InChI is InChI=1S/C21H25N3O2/c1-15-9-10-18(22)12-19(15)21(26)24-11-5-6-16(14-24)13-23-20(25)17-7-3-2-4-8-17/h2-4,7-10,12,16H,5-6,11,13-14,22H2,1H3,(H,23,25). The third kappa shape index (κ3) is 4.23. The van der Waals surface area contributed by atoms with E-state index < -0.39 is 0 Å². The number of anilines is 1. The van der Waals surface area contributed by atoms with Gasteiger partial charge in [0.05, 0.1) is 0 Å². The second-order valence-corrected chi connectivity index (χ2v) is 6.91. The van der Waals surface area contributed by atoms with Gasteiger partial charge in [-0.1, -0.05) is 24.3 Å². The highest BCUT2D eigenvalue weighted by Crippen LogP contribution is 2.21. The Balaban J connectivity index is 1.59. The van der Waals surface area contributed by atoms with Crippen molar-refractivity contribution in [2.75, 3.05) is 25.4 Å². The van der Waals surface area contributed by atoms with Gasteiger partial charge in [0, 0.05) is 36.4 Å². The first-order valence-corrected chi connectivity index (χ1v) is 9.03. The number of piperidine rings is 1. The molecule has 1 aliphatic heterocycles. The van der Waals surface area contributed by atoms with Gasteiger partial charge in [0.25, 0.3) is 11.8 Å². The normalized spacial score (nSPS) is 17.0. The number of likely N-dealkylation sites (tertiary alicyclic amines) is 1. The van der Waals surface area contributed by atoms with Gasteiger partial charge < -0.3 is 16.0 Å². The summed E-state index contributed by atoms with van der Waals surface area (Å²) in [5.41, 5.74) is 8.70. The lowest BCUT2D eigenvalue weighted by Crippen LogP contribution is -2.43. The summed E-state index contributed by atoms with van der Waals surface area (Å²) >= 11 is 0. The molecule has 0 spiro atoms. The number of nitrogens with two attached hydrogens (primary N) is 1. The van der Waals surface area contributed by atoms with Crippen molar-refractivity contribution >= 4 is 17.5 Å². The first kappa shape index (κ1) is 18.0. The molecule has 136 valence electrons. The maximum absolute atomic E-state index is 12.9. The van der Waals surface area contributed by atoms with E-state index in [9.17, 15) is 9.59 Å². The zero-order valence-electron chi connectivity index (χ0n) is 15.1. The lowest BCUT2D eigenvalue weighted by Gasteiger charge is -2.33. The molecule has 2 amide bonds. The van der Waals surface area contributed by atoms with Crippen LogP contribution in [0.5, 0.6) is 0 Å². The molecule has 1 heterocycles. The van der Waals surface area contributed by atoms with Crippen LogP contribution in [0.2, 0.25) is 0 Å². The van der Waals surface area contributed by atoms with E-state index >= 15 is 0 Å². The minimum absolute atomic E-state index is 0.0221. The van der Waals surface area contributed by atoms with Crippen LogP contribution in [-0.4, -0.2) is 36.3 Å². The molecular formula is C21H25N3O2. The summed E-state index contributed by atoms with van der Waals surface area (Å²) in [5, 5.41) is 2.99. The van der Waals surface area contributed by atoms with E-state index in [0.29, 0.717) is 29.9 Å². The van der Waals surface area contributed by atoms with Crippen molar-refractivity contribution in [3.05, 3.63) is 65.2 Å². The van der Waals surface area contributed by atoms with Crippen molar-refractivity contribution < 1.29 is 9.59 Å². The number of rotatable bonds is 4. The molecule has 0 aliphatic carbocycles. The van der Waals surface area contributed by atoms with Crippen LogP contribution in [0.3, 0.4) is 0 Å². The predicted molar refractivity (Wildman–Crippen MR) is 103 cm³/mol. The molecule has 1 unspecified atom stereocenters. The SMILES string of the molecule is Cc1ccc(N)cc1C(=O)N1CCCC(CNC(=O)c2ccccc2)C1. The molecule has 1 fully saturated rings. The minimum Gasteiger partial charge on any atom is -0.399 e. The molecule has 5 nitrogen and oxygen atoms in total. The number of hydrogen-bond donors (Lipinski definition) is 2. The average Bonchev–Trinajstić information content (AvgIpc) is 2.68. The van der Waals surface area contributed by atoms with Crippen LogP contribution in [0.1, 0.15) is 39.1 Å². The molecule has 0 radical (unpaired) electrons. The van der Waals surface area contributed by atoms with E-state index in [4.69, 9.17) is 5.73 Å². The Bertz CT molecular complexity index is 789. The maximum atomic E-state index is 12.9. The fraction of sp³-hybridized carbons (Fsp3) is 0.333. The van der Waals surface area contributed by atoms with Crippen LogP contribution in [0.25, 0.3) is 0 Å². The second-order valence-electron chi connectivity index (χ2n) is 6.91. The number of hydrogen-bond acceptors (Lipinski definition) is 3. The molecule has 26 heavy (non-hydrogen) atoms. The zero-order valence-corrected chi connectivity index (χ0v) is 15.1. The van der Waals surface area contributed by atoms with Crippen molar-refractivity contribution in [3.8, 4) is 0 Å². The lowest BCUT2D eigenvalue weighted by molar-refractivity contribution is 0.0670. The topological polar surface area (TPSA) is 75.4 Å². The van der Waals surface area contributed by atoms with Gasteiger partial charge in [-0.15, -0.1) is 0 Å². The minimum atomic E-state index is -0.0688. The van der Waals surface area contributed by atoms with Gasteiger partial charge in [-0.25, -0.2) is 0 Å². The molecule has 2 aromatic rings. The Morgan fingerprint density at radius 1 is 1.19 bits per heavy atom. The van der Waals surface area contributed by atoms with E-state index in [-0.39, 0.29) is 17.7 Å². The van der Waals surface area contributed by atoms with Crippen LogP contribution in [-0.2, 0) is 0 Å². The average molecular weight is 351 g/mol. The molecule has 3 N–H and O–H groups in total. The third-order valence-electron chi connectivity index (χ3n) is 4.89. The smallest absolute Gasteiger partial charge is 0.254 e. The van der Waals surface area contributed by atoms with Gasteiger partial charge in [-0.2, -0.15) is 0 Å². The Morgan fingerprint density at radius 3 is 2.73 bits per heavy atom. The van der Waals surface area contributed by atoms with Crippen molar-refractivity contribution in [3.63, 3.8) is 0 Å². The molecule has 0 aromatic heterocycles. The predicted octanol–water partition coefficient (Wildman–Crippen LogP) is 2.86. The van der Waals surface area contributed by atoms with Crippen LogP contribution in [0.4, 0.5) is 5.69 Å². The summed E-state index contributed by atoms with van der Waals surface area (Å²) in [4.78, 5) is 26.9. The largest absolute Gasteiger partial charge is 0.399 e. The summed E-state index contributed by atoms with van der Waals surface area (Å²) in [6.07, 6.45) is 1.95. The number of nitrogens with zero attached hydrogens (tertiary/aromatic N) is 1. The fourth-order valence-corrected chi connectivity index (χ4v) is 3.39. The Kier molecular flexibility index (Phi) is 5.56. The zero-order chi connectivity index (χ0) is 18.5. The van der Waals surface area contributed by atoms with E-state index in [1.807, 2.05) is 42.2 Å².